The monoisotopic (exact) mass is 349 g/mol. The van der Waals surface area contributed by atoms with Crippen molar-refractivity contribution in [3.8, 4) is 11.5 Å². The Morgan fingerprint density at radius 1 is 1.05 bits per heavy atom. The number of rotatable bonds is 6. The molecule has 0 aromatic heterocycles. The fourth-order valence-corrected chi connectivity index (χ4v) is 2.22. The second-order valence-corrected chi connectivity index (χ2v) is 5.88. The lowest BCUT2D eigenvalue weighted by atomic mass is 10.1. The fraction of sp³-hybridized carbons (Fsp3) is 0.294. The lowest BCUT2D eigenvalue weighted by Gasteiger charge is -2.13. The summed E-state index contributed by atoms with van der Waals surface area (Å²) in [6.45, 7) is 5.02. The van der Waals surface area contributed by atoms with Gasteiger partial charge in [0.2, 0.25) is 0 Å². The Morgan fingerprint density at radius 3 is 2.33 bits per heavy atom. The second-order valence-electron chi connectivity index (χ2n) is 4.96. The summed E-state index contributed by atoms with van der Waals surface area (Å²) in [5.74, 6) is 1.71. The van der Waals surface area contributed by atoms with Gasteiger partial charge in [-0.25, -0.2) is 0 Å². The van der Waals surface area contributed by atoms with E-state index in [-0.39, 0.29) is 6.04 Å². The average molecular weight is 350 g/mol. The van der Waals surface area contributed by atoms with E-state index in [0.29, 0.717) is 13.2 Å². The fourth-order valence-electron chi connectivity index (χ4n) is 1.96. The molecule has 0 fully saturated rings. The maximum Gasteiger partial charge on any atom is 0.122 e. The molecule has 2 N–H and O–H groups in total. The van der Waals surface area contributed by atoms with Crippen LogP contribution in [-0.4, -0.2) is 13.2 Å². The van der Waals surface area contributed by atoms with Gasteiger partial charge in [0, 0.05) is 10.5 Å². The van der Waals surface area contributed by atoms with Gasteiger partial charge in [-0.15, -0.1) is 0 Å². The number of halogens is 1. The van der Waals surface area contributed by atoms with E-state index in [1.165, 1.54) is 0 Å². The lowest BCUT2D eigenvalue weighted by Crippen LogP contribution is -2.10. The molecule has 0 bridgehead atoms. The van der Waals surface area contributed by atoms with Gasteiger partial charge < -0.3 is 15.2 Å². The molecule has 2 rings (SSSR count). The molecule has 0 aliphatic rings. The van der Waals surface area contributed by atoms with Crippen LogP contribution in [-0.2, 0) is 0 Å². The van der Waals surface area contributed by atoms with E-state index in [9.17, 15) is 0 Å². The number of hydrogen-bond acceptors (Lipinski definition) is 3. The van der Waals surface area contributed by atoms with Crippen molar-refractivity contribution in [3.63, 3.8) is 0 Å². The topological polar surface area (TPSA) is 44.5 Å². The maximum absolute atomic E-state index is 5.87. The van der Waals surface area contributed by atoms with Gasteiger partial charge in [0.1, 0.15) is 24.7 Å². The predicted molar refractivity (Wildman–Crippen MR) is 88.9 cm³/mol. The summed E-state index contributed by atoms with van der Waals surface area (Å²) in [5.41, 5.74) is 8.07. The summed E-state index contributed by atoms with van der Waals surface area (Å²) >= 11 is 3.39. The molecule has 112 valence electrons. The van der Waals surface area contributed by atoms with E-state index in [1.807, 2.05) is 50.2 Å². The minimum Gasteiger partial charge on any atom is -0.490 e. The van der Waals surface area contributed by atoms with Crippen LogP contribution in [0.15, 0.2) is 46.9 Å². The van der Waals surface area contributed by atoms with E-state index < -0.39 is 0 Å². The first-order chi connectivity index (χ1) is 10.1. The molecule has 0 aliphatic carbocycles. The van der Waals surface area contributed by atoms with Gasteiger partial charge in [-0.05, 0) is 55.3 Å². The Morgan fingerprint density at radius 2 is 1.71 bits per heavy atom. The van der Waals surface area contributed by atoms with Gasteiger partial charge in [-0.3, -0.25) is 0 Å². The molecule has 1 atom stereocenters. The number of benzene rings is 2. The Balaban J connectivity index is 1.82. The molecule has 0 heterocycles. The van der Waals surface area contributed by atoms with E-state index >= 15 is 0 Å². The minimum absolute atomic E-state index is 0.0403. The van der Waals surface area contributed by atoms with Gasteiger partial charge >= 0.3 is 0 Å². The highest BCUT2D eigenvalue weighted by atomic mass is 79.9. The van der Waals surface area contributed by atoms with Gasteiger partial charge in [0.05, 0.1) is 0 Å². The molecular weight excluding hydrogens is 330 g/mol. The molecule has 0 spiro atoms. The molecule has 0 saturated heterocycles. The largest absolute Gasteiger partial charge is 0.490 e. The third kappa shape index (κ3) is 4.76. The highest BCUT2D eigenvalue weighted by Crippen LogP contribution is 2.22. The van der Waals surface area contributed by atoms with Crippen LogP contribution >= 0.6 is 15.9 Å². The van der Waals surface area contributed by atoms with Crippen molar-refractivity contribution in [3.05, 3.63) is 58.1 Å². The molecule has 0 unspecified atom stereocenters. The Labute approximate surface area is 134 Å². The molecule has 0 aliphatic heterocycles. The zero-order valence-corrected chi connectivity index (χ0v) is 13.9. The molecule has 4 heteroatoms. The van der Waals surface area contributed by atoms with Crippen LogP contribution in [0.1, 0.15) is 24.1 Å². The van der Waals surface area contributed by atoms with Gasteiger partial charge in [-0.2, -0.15) is 0 Å². The quantitative estimate of drug-likeness (QED) is 0.793. The summed E-state index contributed by atoms with van der Waals surface area (Å²) in [6, 6.07) is 13.8. The van der Waals surface area contributed by atoms with Crippen molar-refractivity contribution >= 4 is 15.9 Å². The smallest absolute Gasteiger partial charge is 0.122 e. The third-order valence-electron chi connectivity index (χ3n) is 3.15. The maximum atomic E-state index is 5.87. The van der Waals surface area contributed by atoms with Crippen LogP contribution in [0.4, 0.5) is 0 Å². The normalized spacial score (nSPS) is 12.0. The number of hydrogen-bond donors (Lipinski definition) is 1. The van der Waals surface area contributed by atoms with Crippen LogP contribution in [0.2, 0.25) is 0 Å². The van der Waals surface area contributed by atoms with Crippen molar-refractivity contribution in [2.75, 3.05) is 13.2 Å². The van der Waals surface area contributed by atoms with Crippen LogP contribution < -0.4 is 15.2 Å². The van der Waals surface area contributed by atoms with Gasteiger partial charge in [0.15, 0.2) is 0 Å². The van der Waals surface area contributed by atoms with Crippen LogP contribution in [0.3, 0.4) is 0 Å². The summed E-state index contributed by atoms with van der Waals surface area (Å²) in [6.07, 6.45) is 0. The second kappa shape index (κ2) is 7.48. The van der Waals surface area contributed by atoms with Crippen LogP contribution in [0, 0.1) is 6.92 Å². The summed E-state index contributed by atoms with van der Waals surface area (Å²) < 4.78 is 12.4. The highest BCUT2D eigenvalue weighted by molar-refractivity contribution is 9.10. The Kier molecular flexibility index (Phi) is 5.65. The summed E-state index contributed by atoms with van der Waals surface area (Å²) in [7, 11) is 0. The molecular formula is C17H20BrNO2. The van der Waals surface area contributed by atoms with Crippen LogP contribution in [0.25, 0.3) is 0 Å². The zero-order valence-electron chi connectivity index (χ0n) is 12.3. The average Bonchev–Trinajstić information content (AvgIpc) is 2.46. The molecule has 2 aromatic rings. The minimum atomic E-state index is 0.0403. The van der Waals surface area contributed by atoms with Crippen LogP contribution in [0.5, 0.6) is 11.5 Å². The molecule has 3 nitrogen and oxygen atoms in total. The van der Waals surface area contributed by atoms with Crippen molar-refractivity contribution in [1.82, 2.24) is 0 Å². The molecule has 2 aromatic carbocycles. The SMILES string of the molecule is Cc1cc([C@@H](C)N)ccc1OCCOc1ccc(Br)cc1. The van der Waals surface area contributed by atoms with Gasteiger partial charge in [-0.1, -0.05) is 28.1 Å². The number of ether oxygens (including phenoxy) is 2. The zero-order chi connectivity index (χ0) is 15.2. The van der Waals surface area contributed by atoms with E-state index in [0.717, 1.165) is 27.1 Å². The highest BCUT2D eigenvalue weighted by Gasteiger charge is 2.04. The number of nitrogens with two attached hydrogens (primary N) is 1. The summed E-state index contributed by atoms with van der Waals surface area (Å²) in [5, 5.41) is 0. The van der Waals surface area contributed by atoms with Crippen molar-refractivity contribution in [1.29, 1.82) is 0 Å². The Bertz CT molecular complexity index is 582. The van der Waals surface area contributed by atoms with Crippen molar-refractivity contribution in [2.24, 2.45) is 5.73 Å². The van der Waals surface area contributed by atoms with E-state index in [1.54, 1.807) is 0 Å². The third-order valence-corrected chi connectivity index (χ3v) is 3.68. The standard InChI is InChI=1S/C17H20BrNO2/c1-12-11-14(13(2)19)3-8-17(12)21-10-9-20-16-6-4-15(18)5-7-16/h3-8,11,13H,9-10,19H2,1-2H3/t13-/m1/s1. The summed E-state index contributed by atoms with van der Waals surface area (Å²) in [4.78, 5) is 0. The van der Waals surface area contributed by atoms with E-state index in [2.05, 4.69) is 22.0 Å². The molecule has 21 heavy (non-hydrogen) atoms. The predicted octanol–water partition coefficient (Wildman–Crippen LogP) is 4.24. The molecule has 0 saturated carbocycles. The van der Waals surface area contributed by atoms with E-state index in [4.69, 9.17) is 15.2 Å². The first-order valence-corrected chi connectivity index (χ1v) is 7.73. The first-order valence-electron chi connectivity index (χ1n) is 6.93. The molecule has 0 amide bonds. The van der Waals surface area contributed by atoms with Gasteiger partial charge in [0.25, 0.3) is 0 Å². The van der Waals surface area contributed by atoms with Crippen molar-refractivity contribution in [2.45, 2.75) is 19.9 Å². The lowest BCUT2D eigenvalue weighted by molar-refractivity contribution is 0.216. The first kappa shape index (κ1) is 15.9. The van der Waals surface area contributed by atoms with Crippen molar-refractivity contribution < 1.29 is 9.47 Å². The number of aryl methyl sites for hydroxylation is 1. The Hall–Kier alpha value is -1.52. The molecule has 0 radical (unpaired) electrons.